The number of ether oxygens (including phenoxy) is 2. The third kappa shape index (κ3) is 3.84. The lowest BCUT2D eigenvalue weighted by molar-refractivity contribution is -0.368. The van der Waals surface area contributed by atoms with E-state index in [1.165, 1.54) is 12.1 Å². The van der Waals surface area contributed by atoms with Crippen LogP contribution < -0.4 is 0 Å². The summed E-state index contributed by atoms with van der Waals surface area (Å²) in [5, 5.41) is 40.8. The van der Waals surface area contributed by atoms with Crippen molar-refractivity contribution in [1.82, 2.24) is 0 Å². The molecule has 4 rings (SSSR count). The molecule has 2 heterocycles. The van der Waals surface area contributed by atoms with E-state index in [4.69, 9.17) is 21.1 Å². The lowest BCUT2D eigenvalue weighted by atomic mass is 9.86. The van der Waals surface area contributed by atoms with E-state index >= 15 is 0 Å². The summed E-state index contributed by atoms with van der Waals surface area (Å²) in [7, 11) is 0. The molecule has 0 unspecified atom stereocenters. The number of rotatable bonds is 3. The molecule has 2 aliphatic rings. The van der Waals surface area contributed by atoms with Gasteiger partial charge in [-0.3, -0.25) is 0 Å². The SMILES string of the molecule is OC[C@H]1O[C@]2(OCc3cc(Cl)c(Cc4ccc(C(F)(F)F)cc4)cc32)[C@H](O)[C@@H](O)[C@@H]1O. The van der Waals surface area contributed by atoms with Gasteiger partial charge in [-0.05, 0) is 47.4 Å². The molecule has 2 aliphatic heterocycles. The second-order valence-electron chi connectivity index (χ2n) is 7.69. The molecular formula is C21H20ClF3O6. The summed E-state index contributed by atoms with van der Waals surface area (Å²) in [5.74, 6) is -1.82. The molecule has 1 spiro atoms. The molecule has 0 aromatic heterocycles. The van der Waals surface area contributed by atoms with Crippen LogP contribution in [-0.2, 0) is 34.5 Å². The summed E-state index contributed by atoms with van der Waals surface area (Å²) in [6.45, 7) is -0.606. The molecule has 5 atom stereocenters. The second-order valence-corrected chi connectivity index (χ2v) is 8.10. The van der Waals surface area contributed by atoms with Crippen LogP contribution in [0, 0.1) is 0 Å². The van der Waals surface area contributed by atoms with Crippen molar-refractivity contribution in [2.45, 2.75) is 49.4 Å². The fourth-order valence-corrected chi connectivity index (χ4v) is 4.27. The predicted molar refractivity (Wildman–Crippen MR) is 102 cm³/mol. The largest absolute Gasteiger partial charge is 0.416 e. The highest BCUT2D eigenvalue weighted by Crippen LogP contribution is 2.47. The molecule has 2 aromatic rings. The van der Waals surface area contributed by atoms with Crippen LogP contribution in [0.15, 0.2) is 36.4 Å². The molecule has 0 aliphatic carbocycles. The van der Waals surface area contributed by atoms with Gasteiger partial charge in [-0.1, -0.05) is 23.7 Å². The molecular weight excluding hydrogens is 441 g/mol. The van der Waals surface area contributed by atoms with Crippen LogP contribution in [0.3, 0.4) is 0 Å². The van der Waals surface area contributed by atoms with E-state index < -0.39 is 48.5 Å². The van der Waals surface area contributed by atoms with Crippen LogP contribution in [0.5, 0.6) is 0 Å². The van der Waals surface area contributed by atoms with Gasteiger partial charge in [-0.2, -0.15) is 13.2 Å². The smallest absolute Gasteiger partial charge is 0.394 e. The first-order chi connectivity index (χ1) is 14.6. The maximum atomic E-state index is 12.8. The first-order valence-corrected chi connectivity index (χ1v) is 9.89. The highest BCUT2D eigenvalue weighted by atomic mass is 35.5. The van der Waals surface area contributed by atoms with Crippen molar-refractivity contribution in [2.75, 3.05) is 6.61 Å². The minimum Gasteiger partial charge on any atom is -0.394 e. The zero-order valence-corrected chi connectivity index (χ0v) is 16.8. The van der Waals surface area contributed by atoms with Crippen LogP contribution in [0.25, 0.3) is 0 Å². The molecule has 0 radical (unpaired) electrons. The summed E-state index contributed by atoms with van der Waals surface area (Å²) in [5.41, 5.74) is 1.32. The minimum atomic E-state index is -4.43. The Kier molecular flexibility index (Phi) is 5.80. The number of fused-ring (bicyclic) bond motifs is 2. The van der Waals surface area contributed by atoms with Gasteiger partial charge in [0.1, 0.15) is 24.4 Å². The summed E-state index contributed by atoms with van der Waals surface area (Å²) in [6.07, 6.45) is -10.2. The first kappa shape index (κ1) is 22.5. The van der Waals surface area contributed by atoms with Gasteiger partial charge in [-0.25, -0.2) is 0 Å². The van der Waals surface area contributed by atoms with E-state index in [9.17, 15) is 33.6 Å². The molecule has 168 valence electrons. The topological polar surface area (TPSA) is 99.4 Å². The van der Waals surface area contributed by atoms with Crippen molar-refractivity contribution in [1.29, 1.82) is 0 Å². The number of alkyl halides is 3. The fraction of sp³-hybridized carbons (Fsp3) is 0.429. The number of aliphatic hydroxyl groups excluding tert-OH is 4. The van der Waals surface area contributed by atoms with Crippen molar-refractivity contribution in [3.63, 3.8) is 0 Å². The van der Waals surface area contributed by atoms with Gasteiger partial charge in [0.2, 0.25) is 5.79 Å². The molecule has 2 aromatic carbocycles. The van der Waals surface area contributed by atoms with Gasteiger partial charge in [0, 0.05) is 10.6 Å². The Morgan fingerprint density at radius 2 is 1.74 bits per heavy atom. The number of aliphatic hydroxyl groups is 4. The average molecular weight is 461 g/mol. The maximum absolute atomic E-state index is 12.8. The monoisotopic (exact) mass is 460 g/mol. The molecule has 1 fully saturated rings. The summed E-state index contributed by atoms with van der Waals surface area (Å²) in [6, 6.07) is 7.88. The fourth-order valence-electron chi connectivity index (χ4n) is 4.02. The number of halogens is 4. The van der Waals surface area contributed by atoms with E-state index in [0.717, 1.165) is 12.1 Å². The van der Waals surface area contributed by atoms with Crippen LogP contribution in [0.2, 0.25) is 5.02 Å². The lowest BCUT2D eigenvalue weighted by Gasteiger charge is -2.46. The molecule has 31 heavy (non-hydrogen) atoms. The van der Waals surface area contributed by atoms with E-state index in [-0.39, 0.29) is 13.0 Å². The zero-order valence-electron chi connectivity index (χ0n) is 16.0. The van der Waals surface area contributed by atoms with Gasteiger partial charge >= 0.3 is 6.18 Å². The van der Waals surface area contributed by atoms with Crippen molar-refractivity contribution in [3.05, 3.63) is 69.2 Å². The Hall–Kier alpha value is -1.72. The first-order valence-electron chi connectivity index (χ1n) is 9.51. The van der Waals surface area contributed by atoms with Crippen LogP contribution in [0.4, 0.5) is 13.2 Å². The van der Waals surface area contributed by atoms with Gasteiger partial charge in [0.15, 0.2) is 0 Å². The van der Waals surface area contributed by atoms with Crippen LogP contribution in [-0.4, -0.2) is 51.4 Å². The quantitative estimate of drug-likeness (QED) is 0.560. The Morgan fingerprint density at radius 3 is 2.35 bits per heavy atom. The predicted octanol–water partition coefficient (Wildman–Crippen LogP) is 2.11. The molecule has 6 nitrogen and oxygen atoms in total. The normalized spacial score (nSPS) is 30.6. The van der Waals surface area contributed by atoms with Gasteiger partial charge in [0.05, 0.1) is 18.8 Å². The highest BCUT2D eigenvalue weighted by molar-refractivity contribution is 6.31. The number of hydrogen-bond acceptors (Lipinski definition) is 6. The molecule has 0 bridgehead atoms. The Morgan fingerprint density at radius 1 is 1.06 bits per heavy atom. The Labute approximate surface area is 180 Å². The third-order valence-electron chi connectivity index (χ3n) is 5.72. The van der Waals surface area contributed by atoms with Gasteiger partial charge < -0.3 is 29.9 Å². The average Bonchev–Trinajstić information content (AvgIpc) is 3.07. The standard InChI is InChI=1S/C21H20ClF3O6/c22-15-7-12-9-30-20(19(29)18(28)17(27)16(8-26)31-20)14(12)6-11(15)5-10-1-3-13(4-2-10)21(23,24)25/h1-4,6-7,16-19,26-29H,5,8-9H2/t16-,17-,18+,19-,20+/m1/s1. The van der Waals surface area contributed by atoms with E-state index in [1.54, 1.807) is 12.1 Å². The maximum Gasteiger partial charge on any atom is 0.416 e. The Bertz CT molecular complexity index is 965. The minimum absolute atomic E-state index is 0.00758. The van der Waals surface area contributed by atoms with E-state index in [2.05, 4.69) is 0 Å². The van der Waals surface area contributed by atoms with Crippen molar-refractivity contribution in [2.24, 2.45) is 0 Å². The van der Waals surface area contributed by atoms with E-state index in [1.807, 2.05) is 0 Å². The number of hydrogen-bond donors (Lipinski definition) is 4. The number of benzene rings is 2. The highest BCUT2D eigenvalue weighted by Gasteiger charge is 2.58. The Balaban J connectivity index is 1.68. The molecule has 10 heteroatoms. The zero-order chi connectivity index (χ0) is 22.6. The molecule has 1 saturated heterocycles. The lowest BCUT2D eigenvalue weighted by Crippen LogP contribution is -2.63. The third-order valence-corrected chi connectivity index (χ3v) is 6.07. The van der Waals surface area contributed by atoms with Gasteiger partial charge in [0.25, 0.3) is 0 Å². The van der Waals surface area contributed by atoms with Crippen LogP contribution in [0.1, 0.15) is 27.8 Å². The van der Waals surface area contributed by atoms with Crippen molar-refractivity contribution >= 4 is 11.6 Å². The van der Waals surface area contributed by atoms with Crippen molar-refractivity contribution < 1.29 is 43.1 Å². The van der Waals surface area contributed by atoms with E-state index in [0.29, 0.717) is 27.3 Å². The summed E-state index contributed by atoms with van der Waals surface area (Å²) < 4.78 is 49.8. The molecule has 4 N–H and O–H groups in total. The van der Waals surface area contributed by atoms with Crippen molar-refractivity contribution in [3.8, 4) is 0 Å². The second kappa shape index (κ2) is 8.00. The van der Waals surface area contributed by atoms with Crippen LogP contribution >= 0.6 is 11.6 Å². The molecule has 0 saturated carbocycles. The summed E-state index contributed by atoms with van der Waals surface area (Å²) >= 11 is 6.36. The molecule has 0 amide bonds. The summed E-state index contributed by atoms with van der Waals surface area (Å²) in [4.78, 5) is 0. The van der Waals surface area contributed by atoms with Gasteiger partial charge in [-0.15, -0.1) is 0 Å².